The van der Waals surface area contributed by atoms with E-state index in [1.54, 1.807) is 7.11 Å². The number of methoxy groups -OCH3 is 1. The number of hydrogen-bond donors (Lipinski definition) is 0. The first-order valence-corrected chi connectivity index (χ1v) is 10.9. The first-order valence-electron chi connectivity index (χ1n) is 10.9. The maximum Gasteiger partial charge on any atom is 0.229 e. The van der Waals surface area contributed by atoms with Crippen LogP contribution in [0.5, 0.6) is 5.75 Å². The largest absolute Gasteiger partial charge is 0.497 e. The molecular weight excluding hydrogens is 382 g/mol. The number of benzene rings is 1. The lowest BCUT2D eigenvalue weighted by atomic mass is 9.81. The van der Waals surface area contributed by atoms with Crippen molar-refractivity contribution in [3.05, 3.63) is 41.5 Å². The molecule has 0 bridgehead atoms. The van der Waals surface area contributed by atoms with Crippen molar-refractivity contribution in [3.63, 3.8) is 0 Å². The van der Waals surface area contributed by atoms with Gasteiger partial charge in [-0.2, -0.15) is 4.98 Å². The molecule has 2 fully saturated rings. The van der Waals surface area contributed by atoms with Crippen LogP contribution < -0.4 is 4.74 Å². The van der Waals surface area contributed by atoms with Crippen molar-refractivity contribution >= 4 is 5.91 Å². The first kappa shape index (κ1) is 20.8. The summed E-state index contributed by atoms with van der Waals surface area (Å²) in [4.78, 5) is 19.6. The van der Waals surface area contributed by atoms with Crippen LogP contribution in [0.1, 0.15) is 62.2 Å². The smallest absolute Gasteiger partial charge is 0.229 e. The first-order chi connectivity index (χ1) is 14.6. The Hall–Kier alpha value is -2.41. The third-order valence-electron chi connectivity index (χ3n) is 6.39. The number of carbonyl (C=O) groups excluding carboxylic acids is 1. The van der Waals surface area contributed by atoms with Crippen LogP contribution in [0.3, 0.4) is 0 Å². The molecule has 1 amide bonds. The van der Waals surface area contributed by atoms with E-state index in [9.17, 15) is 4.79 Å². The van der Waals surface area contributed by atoms with Crippen LogP contribution in [0.15, 0.2) is 28.8 Å². The van der Waals surface area contributed by atoms with Gasteiger partial charge in [0.05, 0.1) is 7.11 Å². The van der Waals surface area contributed by atoms with Crippen molar-refractivity contribution in [2.24, 2.45) is 0 Å². The molecular formula is C23H31N3O4. The second-order valence-electron chi connectivity index (χ2n) is 8.67. The van der Waals surface area contributed by atoms with E-state index in [-0.39, 0.29) is 17.2 Å². The number of ether oxygens (including phenoxy) is 2. The summed E-state index contributed by atoms with van der Waals surface area (Å²) in [6, 6.07) is 7.90. The Morgan fingerprint density at radius 3 is 2.77 bits per heavy atom. The molecule has 0 radical (unpaired) electrons. The van der Waals surface area contributed by atoms with Crippen molar-refractivity contribution in [3.8, 4) is 5.75 Å². The van der Waals surface area contributed by atoms with Crippen LogP contribution in [0.25, 0.3) is 0 Å². The Kier molecular flexibility index (Phi) is 6.37. The van der Waals surface area contributed by atoms with Crippen molar-refractivity contribution in [2.75, 3.05) is 33.4 Å². The van der Waals surface area contributed by atoms with Gasteiger partial charge in [-0.3, -0.25) is 4.79 Å². The number of rotatable bonds is 6. The zero-order valence-electron chi connectivity index (χ0n) is 17.9. The molecule has 2 aliphatic rings. The normalized spacial score (nSPS) is 22.8. The topological polar surface area (TPSA) is 77.7 Å². The van der Waals surface area contributed by atoms with Crippen molar-refractivity contribution in [1.82, 2.24) is 15.0 Å². The molecule has 162 valence electrons. The summed E-state index contributed by atoms with van der Waals surface area (Å²) in [5, 5.41) is 4.31. The van der Waals surface area contributed by atoms with E-state index in [1.165, 1.54) is 0 Å². The number of hydrogen-bond acceptors (Lipinski definition) is 6. The molecule has 7 nitrogen and oxygen atoms in total. The molecule has 0 N–H and O–H groups in total. The summed E-state index contributed by atoms with van der Waals surface area (Å²) in [6.07, 6.45) is 4.99. The van der Waals surface area contributed by atoms with E-state index >= 15 is 0 Å². The Labute approximate surface area is 177 Å². The highest BCUT2D eigenvalue weighted by atomic mass is 16.5. The molecule has 4 rings (SSSR count). The van der Waals surface area contributed by atoms with Gasteiger partial charge in [0.15, 0.2) is 5.82 Å². The highest BCUT2D eigenvalue weighted by molar-refractivity contribution is 5.76. The van der Waals surface area contributed by atoms with Gasteiger partial charge >= 0.3 is 0 Å². The average Bonchev–Trinajstić information content (AvgIpc) is 3.30. The minimum atomic E-state index is -0.263. The summed E-state index contributed by atoms with van der Waals surface area (Å²) in [5.74, 6) is 2.76. The molecule has 3 heterocycles. The molecule has 1 unspecified atom stereocenters. The van der Waals surface area contributed by atoms with Gasteiger partial charge in [-0.25, -0.2) is 0 Å². The van der Waals surface area contributed by atoms with E-state index in [2.05, 4.69) is 12.1 Å². The van der Waals surface area contributed by atoms with Gasteiger partial charge in [0, 0.05) is 44.1 Å². The fourth-order valence-corrected chi connectivity index (χ4v) is 4.43. The Morgan fingerprint density at radius 2 is 2.03 bits per heavy atom. The molecule has 0 spiro atoms. The molecule has 2 aromatic rings. The van der Waals surface area contributed by atoms with Crippen molar-refractivity contribution in [2.45, 2.75) is 56.8 Å². The second kappa shape index (κ2) is 9.16. The molecule has 0 saturated carbocycles. The number of nitrogens with zero attached hydrogens (tertiary/aromatic N) is 3. The lowest BCUT2D eigenvalue weighted by molar-refractivity contribution is -0.133. The number of likely N-dealkylation sites (tertiary alicyclic amines) is 1. The summed E-state index contributed by atoms with van der Waals surface area (Å²) in [5.41, 5.74) is 0.879. The van der Waals surface area contributed by atoms with Gasteiger partial charge in [-0.1, -0.05) is 24.2 Å². The van der Waals surface area contributed by atoms with Crippen LogP contribution in [0.2, 0.25) is 0 Å². The van der Waals surface area contributed by atoms with Crippen molar-refractivity contribution < 1.29 is 18.8 Å². The number of carbonyl (C=O) groups is 1. The molecule has 30 heavy (non-hydrogen) atoms. The predicted molar refractivity (Wildman–Crippen MR) is 112 cm³/mol. The van der Waals surface area contributed by atoms with Gasteiger partial charge in [0.1, 0.15) is 5.75 Å². The van der Waals surface area contributed by atoms with Crippen LogP contribution in [-0.2, 0) is 21.4 Å². The van der Waals surface area contributed by atoms with Crippen LogP contribution >= 0.6 is 0 Å². The quantitative estimate of drug-likeness (QED) is 0.721. The maximum absolute atomic E-state index is 12.9. The third kappa shape index (κ3) is 4.67. The van der Waals surface area contributed by atoms with Crippen LogP contribution in [-0.4, -0.2) is 54.4 Å². The third-order valence-corrected chi connectivity index (χ3v) is 6.39. The SMILES string of the molecule is COc1ccc(CCC(=O)N2CCCC(C)(c3noc(C4CCOCC4)n3)C2)cc1. The minimum absolute atomic E-state index is 0.185. The van der Waals surface area contributed by atoms with E-state index in [0.29, 0.717) is 13.0 Å². The lowest BCUT2D eigenvalue weighted by Crippen LogP contribution is -2.47. The van der Waals surface area contributed by atoms with E-state index in [0.717, 1.165) is 74.9 Å². The van der Waals surface area contributed by atoms with E-state index < -0.39 is 0 Å². The predicted octanol–water partition coefficient (Wildman–Crippen LogP) is 3.49. The number of aromatic nitrogens is 2. The van der Waals surface area contributed by atoms with E-state index in [1.807, 2.05) is 29.2 Å². The average molecular weight is 414 g/mol. The highest BCUT2D eigenvalue weighted by Gasteiger charge is 2.39. The van der Waals surface area contributed by atoms with E-state index in [4.69, 9.17) is 19.0 Å². The molecule has 7 heteroatoms. The summed E-state index contributed by atoms with van der Waals surface area (Å²) >= 11 is 0. The molecule has 2 saturated heterocycles. The maximum atomic E-state index is 12.9. The van der Waals surface area contributed by atoms with Gasteiger partial charge in [-0.05, 0) is 49.8 Å². The molecule has 1 aromatic carbocycles. The molecule has 0 aliphatic carbocycles. The molecule has 2 aliphatic heterocycles. The standard InChI is InChI=1S/C23H31N3O4/c1-23(22-24-21(30-25-22)18-10-14-29-15-11-18)12-3-13-26(16-23)20(27)9-6-17-4-7-19(28-2)8-5-17/h4-5,7-8,18H,3,6,9-16H2,1-2H3. The Morgan fingerprint density at radius 1 is 1.27 bits per heavy atom. The monoisotopic (exact) mass is 413 g/mol. The molecule has 1 atom stereocenters. The lowest BCUT2D eigenvalue weighted by Gasteiger charge is -2.38. The van der Waals surface area contributed by atoms with Crippen molar-refractivity contribution in [1.29, 1.82) is 0 Å². The fourth-order valence-electron chi connectivity index (χ4n) is 4.43. The van der Waals surface area contributed by atoms with Crippen LogP contribution in [0, 0.1) is 0 Å². The molecule has 1 aromatic heterocycles. The Balaban J connectivity index is 1.36. The minimum Gasteiger partial charge on any atom is -0.497 e. The number of amides is 1. The van der Waals surface area contributed by atoms with Gasteiger partial charge in [-0.15, -0.1) is 0 Å². The number of piperidine rings is 1. The fraction of sp³-hybridized carbons (Fsp3) is 0.609. The second-order valence-corrected chi connectivity index (χ2v) is 8.67. The zero-order chi connectivity index (χ0) is 21.0. The van der Waals surface area contributed by atoms with Gasteiger partial charge < -0.3 is 18.9 Å². The van der Waals surface area contributed by atoms with Gasteiger partial charge in [0.2, 0.25) is 11.8 Å². The summed E-state index contributed by atoms with van der Waals surface area (Å²) in [7, 11) is 1.65. The zero-order valence-corrected chi connectivity index (χ0v) is 17.9. The van der Waals surface area contributed by atoms with Crippen LogP contribution in [0.4, 0.5) is 0 Å². The highest BCUT2D eigenvalue weighted by Crippen LogP contribution is 2.34. The Bertz CT molecular complexity index is 844. The van der Waals surface area contributed by atoms with Gasteiger partial charge in [0.25, 0.3) is 0 Å². The summed E-state index contributed by atoms with van der Waals surface area (Å²) in [6.45, 7) is 5.07. The summed E-state index contributed by atoms with van der Waals surface area (Å²) < 4.78 is 16.2. The number of aryl methyl sites for hydroxylation is 1.